The maximum Gasteiger partial charge on any atom is 0.339 e. The highest BCUT2D eigenvalue weighted by atomic mass is 79.9. The van der Waals surface area contributed by atoms with Crippen LogP contribution in [0.15, 0.2) is 16.6 Å². The molecule has 1 aromatic carbocycles. The lowest BCUT2D eigenvalue weighted by Gasteiger charge is -2.17. The number of hydrogen-bond acceptors (Lipinski definition) is 2. The van der Waals surface area contributed by atoms with Crippen molar-refractivity contribution in [3.63, 3.8) is 0 Å². The molecule has 0 aromatic heterocycles. The summed E-state index contributed by atoms with van der Waals surface area (Å²) in [7, 11) is 0. The van der Waals surface area contributed by atoms with Crippen molar-refractivity contribution in [2.75, 3.05) is 0 Å². The molecule has 1 aromatic rings. The number of carbonyl (C=O) groups is 1. The minimum Gasteiger partial charge on any atom is -0.478 e. The summed E-state index contributed by atoms with van der Waals surface area (Å²) in [4.78, 5) is 10.7. The first kappa shape index (κ1) is 12.7. The first-order valence-corrected chi connectivity index (χ1v) is 5.23. The normalized spacial score (nSPS) is 10.9. The lowest BCUT2D eigenvalue weighted by Crippen LogP contribution is -2.15. The van der Waals surface area contributed by atoms with E-state index in [9.17, 15) is 9.18 Å². The van der Waals surface area contributed by atoms with Gasteiger partial charge >= 0.3 is 5.97 Å². The Labute approximate surface area is 101 Å². The number of nitriles is 1. The van der Waals surface area contributed by atoms with Crippen molar-refractivity contribution in [2.24, 2.45) is 0 Å². The van der Waals surface area contributed by atoms with Crippen LogP contribution in [0.25, 0.3) is 0 Å². The number of rotatable bonds is 2. The van der Waals surface area contributed by atoms with Gasteiger partial charge < -0.3 is 5.11 Å². The van der Waals surface area contributed by atoms with Crippen LogP contribution in [0.3, 0.4) is 0 Å². The van der Waals surface area contributed by atoms with Crippen molar-refractivity contribution in [3.05, 3.63) is 33.5 Å². The second kappa shape index (κ2) is 4.22. The van der Waals surface area contributed by atoms with E-state index in [1.807, 2.05) is 6.07 Å². The second-order valence-electron chi connectivity index (χ2n) is 3.86. The van der Waals surface area contributed by atoms with Gasteiger partial charge in [-0.05, 0) is 47.5 Å². The molecular formula is C11H9BrFNO2. The van der Waals surface area contributed by atoms with Crippen molar-refractivity contribution >= 4 is 21.9 Å². The van der Waals surface area contributed by atoms with E-state index in [2.05, 4.69) is 15.9 Å². The molecule has 0 unspecified atom stereocenters. The van der Waals surface area contributed by atoms with E-state index in [4.69, 9.17) is 10.4 Å². The lowest BCUT2D eigenvalue weighted by molar-refractivity contribution is 0.0690. The molecule has 0 atom stereocenters. The summed E-state index contributed by atoms with van der Waals surface area (Å²) in [6, 6.07) is 4.56. The smallest absolute Gasteiger partial charge is 0.339 e. The largest absolute Gasteiger partial charge is 0.478 e. The van der Waals surface area contributed by atoms with Gasteiger partial charge in [-0.1, -0.05) is 0 Å². The molecule has 0 aliphatic carbocycles. The fraction of sp³-hybridized carbons (Fsp3) is 0.273. The summed E-state index contributed by atoms with van der Waals surface area (Å²) >= 11 is 2.99. The highest BCUT2D eigenvalue weighted by Gasteiger charge is 2.24. The number of carboxylic acid groups (broad SMARTS) is 1. The number of aromatic carboxylic acids is 1. The fourth-order valence-corrected chi connectivity index (χ4v) is 1.81. The van der Waals surface area contributed by atoms with E-state index in [-0.39, 0.29) is 4.47 Å². The number of benzene rings is 1. The van der Waals surface area contributed by atoms with Gasteiger partial charge in [-0.25, -0.2) is 9.18 Å². The number of carboxylic acids is 1. The van der Waals surface area contributed by atoms with Gasteiger partial charge in [0.05, 0.1) is 11.5 Å². The summed E-state index contributed by atoms with van der Waals surface area (Å²) in [6.07, 6.45) is 0. The van der Waals surface area contributed by atoms with Crippen LogP contribution in [-0.4, -0.2) is 11.1 Å². The summed E-state index contributed by atoms with van der Waals surface area (Å²) in [5, 5.41) is 17.7. The molecule has 0 aliphatic heterocycles. The van der Waals surface area contributed by atoms with Crippen LogP contribution in [0, 0.1) is 17.1 Å². The third-order valence-electron chi connectivity index (χ3n) is 2.26. The Morgan fingerprint density at radius 2 is 2.12 bits per heavy atom. The molecule has 0 spiro atoms. The number of hydrogen-bond donors (Lipinski definition) is 1. The zero-order chi connectivity index (χ0) is 12.5. The molecule has 1 N–H and O–H groups in total. The average molecular weight is 286 g/mol. The van der Waals surface area contributed by atoms with Crippen LogP contribution in [0.5, 0.6) is 0 Å². The van der Waals surface area contributed by atoms with Crippen molar-refractivity contribution in [1.29, 1.82) is 5.26 Å². The number of halogens is 2. The molecule has 1 rings (SSSR count). The van der Waals surface area contributed by atoms with Gasteiger partial charge in [0.1, 0.15) is 11.4 Å². The van der Waals surface area contributed by atoms with Gasteiger partial charge in [0.2, 0.25) is 0 Å². The van der Waals surface area contributed by atoms with E-state index in [1.165, 1.54) is 6.07 Å². The maximum atomic E-state index is 13.5. The van der Waals surface area contributed by atoms with Crippen LogP contribution in [0.4, 0.5) is 4.39 Å². The maximum absolute atomic E-state index is 13.5. The van der Waals surface area contributed by atoms with Gasteiger partial charge in [0.25, 0.3) is 0 Å². The van der Waals surface area contributed by atoms with Gasteiger partial charge in [0.15, 0.2) is 0 Å². The zero-order valence-corrected chi connectivity index (χ0v) is 10.3. The van der Waals surface area contributed by atoms with Crippen molar-refractivity contribution in [2.45, 2.75) is 19.3 Å². The van der Waals surface area contributed by atoms with Crippen molar-refractivity contribution < 1.29 is 14.3 Å². The summed E-state index contributed by atoms with van der Waals surface area (Å²) in [5.74, 6) is -2.19. The van der Waals surface area contributed by atoms with Crippen LogP contribution < -0.4 is 0 Å². The van der Waals surface area contributed by atoms with E-state index >= 15 is 0 Å². The molecule has 0 aliphatic rings. The van der Waals surface area contributed by atoms with Crippen LogP contribution in [-0.2, 0) is 5.41 Å². The molecule has 0 amide bonds. The molecule has 16 heavy (non-hydrogen) atoms. The quantitative estimate of drug-likeness (QED) is 0.908. The van der Waals surface area contributed by atoms with Gasteiger partial charge in [-0.15, -0.1) is 0 Å². The molecule has 0 saturated heterocycles. The highest BCUT2D eigenvalue weighted by Crippen LogP contribution is 2.29. The Morgan fingerprint density at radius 3 is 2.50 bits per heavy atom. The van der Waals surface area contributed by atoms with Crippen LogP contribution >= 0.6 is 15.9 Å². The Morgan fingerprint density at radius 1 is 1.56 bits per heavy atom. The van der Waals surface area contributed by atoms with Gasteiger partial charge in [-0.3, -0.25) is 0 Å². The summed E-state index contributed by atoms with van der Waals surface area (Å²) in [5.41, 5.74) is -0.845. The van der Waals surface area contributed by atoms with Crippen molar-refractivity contribution in [3.8, 4) is 6.07 Å². The second-order valence-corrected chi connectivity index (χ2v) is 4.71. The Hall–Kier alpha value is -1.41. The van der Waals surface area contributed by atoms with Crippen molar-refractivity contribution in [1.82, 2.24) is 0 Å². The molecule has 0 heterocycles. The first-order chi connectivity index (χ1) is 7.29. The zero-order valence-electron chi connectivity index (χ0n) is 8.71. The lowest BCUT2D eigenvalue weighted by atomic mass is 9.86. The summed E-state index contributed by atoms with van der Waals surface area (Å²) in [6.45, 7) is 3.27. The molecule has 0 bridgehead atoms. The molecule has 0 saturated carbocycles. The SMILES string of the molecule is CC(C)(C#N)c1cc(F)c(C(=O)O)c(Br)c1. The predicted octanol–water partition coefficient (Wildman–Crippen LogP) is 3.09. The average Bonchev–Trinajstić information content (AvgIpc) is 2.15. The third-order valence-corrected chi connectivity index (χ3v) is 2.88. The topological polar surface area (TPSA) is 61.1 Å². The highest BCUT2D eigenvalue weighted by molar-refractivity contribution is 9.10. The predicted molar refractivity (Wildman–Crippen MR) is 59.7 cm³/mol. The minimum atomic E-state index is -1.34. The van der Waals surface area contributed by atoms with E-state index < -0.39 is 22.8 Å². The first-order valence-electron chi connectivity index (χ1n) is 4.43. The Kier molecular flexibility index (Phi) is 3.34. The molecule has 5 heteroatoms. The van der Waals surface area contributed by atoms with E-state index in [1.54, 1.807) is 13.8 Å². The minimum absolute atomic E-state index is 0.137. The van der Waals surface area contributed by atoms with Crippen LogP contribution in [0.1, 0.15) is 29.8 Å². The fourth-order valence-electron chi connectivity index (χ4n) is 1.20. The van der Waals surface area contributed by atoms with Crippen LogP contribution in [0.2, 0.25) is 0 Å². The molecule has 3 nitrogen and oxygen atoms in total. The number of nitrogens with zero attached hydrogens (tertiary/aromatic N) is 1. The van der Waals surface area contributed by atoms with E-state index in [0.29, 0.717) is 5.56 Å². The molecule has 0 fully saturated rings. The third kappa shape index (κ3) is 2.22. The Balaban J connectivity index is 3.43. The monoisotopic (exact) mass is 285 g/mol. The molecule has 84 valence electrons. The van der Waals surface area contributed by atoms with Gasteiger partial charge in [-0.2, -0.15) is 5.26 Å². The molecular weight excluding hydrogens is 277 g/mol. The molecule has 0 radical (unpaired) electrons. The van der Waals surface area contributed by atoms with E-state index in [0.717, 1.165) is 6.07 Å². The van der Waals surface area contributed by atoms with Gasteiger partial charge in [0, 0.05) is 4.47 Å². The standard InChI is InChI=1S/C11H9BrFNO2/c1-11(2,5-14)6-3-7(12)9(10(15)16)8(13)4-6/h3-4H,1-2H3,(H,15,16). The Bertz CT molecular complexity index is 468. The summed E-state index contributed by atoms with van der Waals surface area (Å²) < 4.78 is 13.6.